The highest BCUT2D eigenvalue weighted by Crippen LogP contribution is 2.22. The Bertz CT molecular complexity index is 1070. The van der Waals surface area contributed by atoms with Crippen LogP contribution in [0.1, 0.15) is 62.7 Å². The maximum absolute atomic E-state index is 12.7. The number of nitrogens with zero attached hydrogens (tertiary/aromatic N) is 5. The van der Waals surface area contributed by atoms with Crippen LogP contribution in [0.5, 0.6) is 0 Å². The molecule has 3 aromatic rings. The Balaban J connectivity index is 1.66. The Morgan fingerprint density at radius 1 is 1.24 bits per heavy atom. The van der Waals surface area contributed by atoms with Crippen LogP contribution in [0.15, 0.2) is 21.5 Å². The number of anilines is 1. The van der Waals surface area contributed by atoms with E-state index in [1.165, 1.54) is 11.3 Å². The summed E-state index contributed by atoms with van der Waals surface area (Å²) in [6.45, 7) is 9.81. The lowest BCUT2D eigenvalue weighted by Gasteiger charge is -2.14. The number of aryl methyl sites for hydroxylation is 2. The molecule has 3 aromatic heterocycles. The summed E-state index contributed by atoms with van der Waals surface area (Å²) in [7, 11) is 0. The Morgan fingerprint density at radius 2 is 2.00 bits per heavy atom. The fraction of sp³-hybridized carbons (Fsp3) is 0.474. The van der Waals surface area contributed by atoms with E-state index >= 15 is 0 Å². The number of rotatable bonds is 7. The smallest absolute Gasteiger partial charge is 0.262 e. The quantitative estimate of drug-likeness (QED) is 0.628. The molecule has 0 saturated heterocycles. The number of carbonyl (C=O) groups is 1. The molecule has 0 aliphatic heterocycles. The van der Waals surface area contributed by atoms with Crippen molar-refractivity contribution >= 4 is 22.4 Å². The number of amides is 1. The third-order valence-corrected chi connectivity index (χ3v) is 5.43. The molecule has 9 nitrogen and oxygen atoms in total. The topological polar surface area (TPSA) is 116 Å². The standard InChI is InChI=1S/C19H24N6O3S/c1-10(2)17-22-23-19(29-17)20-14(26)8-9-15-21-16(24-28-15)13-7-6-12(5)25(11(3)4)18(13)27/h6-7,10-11H,8-9H2,1-5H3,(H,20,23,26). The van der Waals surface area contributed by atoms with Crippen molar-refractivity contribution in [1.82, 2.24) is 24.9 Å². The summed E-state index contributed by atoms with van der Waals surface area (Å²) < 4.78 is 6.91. The van der Waals surface area contributed by atoms with Gasteiger partial charge in [-0.3, -0.25) is 9.59 Å². The van der Waals surface area contributed by atoms with Crippen LogP contribution in [0.25, 0.3) is 11.4 Å². The molecule has 0 aliphatic rings. The monoisotopic (exact) mass is 416 g/mol. The maximum Gasteiger partial charge on any atom is 0.262 e. The number of aromatic nitrogens is 5. The van der Waals surface area contributed by atoms with Gasteiger partial charge in [-0.2, -0.15) is 4.98 Å². The molecule has 0 bridgehead atoms. The fourth-order valence-electron chi connectivity index (χ4n) is 2.84. The van der Waals surface area contributed by atoms with Crippen LogP contribution in [-0.4, -0.2) is 30.8 Å². The number of hydrogen-bond donors (Lipinski definition) is 1. The molecule has 154 valence electrons. The third-order valence-electron chi connectivity index (χ3n) is 4.29. The van der Waals surface area contributed by atoms with E-state index in [0.717, 1.165) is 10.7 Å². The molecule has 0 saturated carbocycles. The van der Waals surface area contributed by atoms with Gasteiger partial charge in [-0.05, 0) is 32.9 Å². The summed E-state index contributed by atoms with van der Waals surface area (Å²) in [5, 5.41) is 16.0. The average molecular weight is 417 g/mol. The van der Waals surface area contributed by atoms with Crippen LogP contribution < -0.4 is 10.9 Å². The van der Waals surface area contributed by atoms with Crippen molar-refractivity contribution in [1.29, 1.82) is 0 Å². The average Bonchev–Trinajstić information content (AvgIpc) is 3.29. The first-order valence-corrected chi connectivity index (χ1v) is 10.3. The predicted octanol–water partition coefficient (Wildman–Crippen LogP) is 3.33. The second kappa shape index (κ2) is 8.64. The molecular formula is C19H24N6O3S. The van der Waals surface area contributed by atoms with E-state index in [1.807, 2.05) is 40.7 Å². The molecule has 1 amide bonds. The van der Waals surface area contributed by atoms with Crippen molar-refractivity contribution in [3.8, 4) is 11.4 Å². The molecule has 0 atom stereocenters. The zero-order valence-electron chi connectivity index (χ0n) is 17.1. The van der Waals surface area contributed by atoms with Gasteiger partial charge in [0.2, 0.25) is 22.8 Å². The SMILES string of the molecule is Cc1ccc(-c2noc(CCC(=O)Nc3nnc(C(C)C)s3)n2)c(=O)n1C(C)C. The molecule has 0 aromatic carbocycles. The maximum atomic E-state index is 12.7. The van der Waals surface area contributed by atoms with Crippen LogP contribution in [0.4, 0.5) is 5.13 Å². The molecule has 1 N–H and O–H groups in total. The van der Waals surface area contributed by atoms with Crippen LogP contribution >= 0.6 is 11.3 Å². The Morgan fingerprint density at radius 3 is 2.66 bits per heavy atom. The van der Waals surface area contributed by atoms with Crippen LogP contribution in [0.2, 0.25) is 0 Å². The Hall–Kier alpha value is -2.88. The largest absolute Gasteiger partial charge is 0.339 e. The molecule has 0 unspecified atom stereocenters. The minimum absolute atomic E-state index is 0.0223. The van der Waals surface area contributed by atoms with E-state index in [-0.39, 0.29) is 42.1 Å². The van der Waals surface area contributed by atoms with Crippen LogP contribution in [0, 0.1) is 6.92 Å². The lowest BCUT2D eigenvalue weighted by molar-refractivity contribution is -0.116. The molecule has 0 fully saturated rings. The summed E-state index contributed by atoms with van der Waals surface area (Å²) >= 11 is 1.36. The minimum atomic E-state index is -0.214. The van der Waals surface area contributed by atoms with Gasteiger partial charge in [0.1, 0.15) is 5.01 Å². The molecule has 0 spiro atoms. The molecule has 10 heteroatoms. The van der Waals surface area contributed by atoms with E-state index in [2.05, 4.69) is 25.7 Å². The highest BCUT2D eigenvalue weighted by Gasteiger charge is 2.17. The molecular weight excluding hydrogens is 392 g/mol. The van der Waals surface area contributed by atoms with Gasteiger partial charge in [0.25, 0.3) is 5.56 Å². The van der Waals surface area contributed by atoms with E-state index in [9.17, 15) is 9.59 Å². The zero-order valence-corrected chi connectivity index (χ0v) is 17.9. The number of nitrogens with one attached hydrogen (secondary N) is 1. The van der Waals surface area contributed by atoms with Gasteiger partial charge in [-0.1, -0.05) is 30.3 Å². The number of pyridine rings is 1. The van der Waals surface area contributed by atoms with Gasteiger partial charge in [0.05, 0.1) is 5.56 Å². The van der Waals surface area contributed by atoms with Gasteiger partial charge in [0.15, 0.2) is 0 Å². The van der Waals surface area contributed by atoms with Crippen molar-refractivity contribution in [3.63, 3.8) is 0 Å². The summed E-state index contributed by atoms with van der Waals surface area (Å²) in [5.74, 6) is 0.572. The van der Waals surface area contributed by atoms with Gasteiger partial charge in [-0.15, -0.1) is 10.2 Å². The van der Waals surface area contributed by atoms with Gasteiger partial charge < -0.3 is 14.4 Å². The zero-order chi connectivity index (χ0) is 21.1. The lowest BCUT2D eigenvalue weighted by atomic mass is 10.2. The lowest BCUT2D eigenvalue weighted by Crippen LogP contribution is -2.25. The van der Waals surface area contributed by atoms with Crippen molar-refractivity contribution in [3.05, 3.63) is 39.1 Å². The summed E-state index contributed by atoms with van der Waals surface area (Å²) in [4.78, 5) is 29.1. The molecule has 29 heavy (non-hydrogen) atoms. The second-order valence-electron chi connectivity index (χ2n) is 7.32. The molecule has 3 rings (SSSR count). The Kier molecular flexibility index (Phi) is 6.21. The summed E-state index contributed by atoms with van der Waals surface area (Å²) in [6, 6.07) is 3.57. The molecule has 0 radical (unpaired) electrons. The second-order valence-corrected chi connectivity index (χ2v) is 8.33. The highest BCUT2D eigenvalue weighted by molar-refractivity contribution is 7.15. The van der Waals surface area contributed by atoms with Crippen LogP contribution in [0.3, 0.4) is 0 Å². The first-order chi connectivity index (χ1) is 13.8. The minimum Gasteiger partial charge on any atom is -0.339 e. The predicted molar refractivity (Wildman–Crippen MR) is 110 cm³/mol. The Labute approximate surface area is 172 Å². The van der Waals surface area contributed by atoms with Crippen molar-refractivity contribution in [2.24, 2.45) is 0 Å². The number of hydrogen-bond acceptors (Lipinski definition) is 8. The summed E-state index contributed by atoms with van der Waals surface area (Å²) in [5.41, 5.74) is 1.08. The van der Waals surface area contributed by atoms with Gasteiger partial charge >= 0.3 is 0 Å². The van der Waals surface area contributed by atoms with Crippen molar-refractivity contribution in [2.75, 3.05) is 5.32 Å². The fourth-order valence-corrected chi connectivity index (χ4v) is 3.61. The molecule has 0 aliphatic carbocycles. The van der Waals surface area contributed by atoms with Crippen LogP contribution in [-0.2, 0) is 11.2 Å². The first-order valence-electron chi connectivity index (χ1n) is 9.44. The first kappa shape index (κ1) is 20.8. The summed E-state index contributed by atoms with van der Waals surface area (Å²) in [6.07, 6.45) is 0.418. The van der Waals surface area contributed by atoms with E-state index < -0.39 is 0 Å². The van der Waals surface area contributed by atoms with Gasteiger partial charge in [-0.25, -0.2) is 0 Å². The van der Waals surface area contributed by atoms with Crippen molar-refractivity contribution < 1.29 is 9.32 Å². The van der Waals surface area contributed by atoms with E-state index in [0.29, 0.717) is 16.6 Å². The van der Waals surface area contributed by atoms with E-state index in [1.54, 1.807) is 10.6 Å². The van der Waals surface area contributed by atoms with Crippen molar-refractivity contribution in [2.45, 2.75) is 59.4 Å². The normalized spacial score (nSPS) is 11.4. The molecule has 3 heterocycles. The highest BCUT2D eigenvalue weighted by atomic mass is 32.1. The van der Waals surface area contributed by atoms with Gasteiger partial charge in [0, 0.05) is 30.5 Å². The van der Waals surface area contributed by atoms with E-state index in [4.69, 9.17) is 4.52 Å². The third kappa shape index (κ3) is 4.76. The number of carbonyl (C=O) groups excluding carboxylic acids is 1.